The Morgan fingerprint density at radius 2 is 1.95 bits per heavy atom. The molecule has 0 radical (unpaired) electrons. The maximum atomic E-state index is 11.8. The van der Waals surface area contributed by atoms with Gasteiger partial charge in [0.15, 0.2) is 0 Å². The van der Waals surface area contributed by atoms with Gasteiger partial charge in [-0.2, -0.15) is 4.98 Å². The van der Waals surface area contributed by atoms with Gasteiger partial charge in [0.2, 0.25) is 0 Å². The number of nitrogens with one attached hydrogen (secondary N) is 1. The number of aromatic nitrogens is 2. The van der Waals surface area contributed by atoms with Crippen molar-refractivity contribution >= 4 is 5.82 Å². The van der Waals surface area contributed by atoms with E-state index in [-0.39, 0.29) is 11.5 Å². The molecule has 0 saturated heterocycles. The van der Waals surface area contributed by atoms with E-state index in [0.29, 0.717) is 12.0 Å². The zero-order valence-electron chi connectivity index (χ0n) is 12.4. The summed E-state index contributed by atoms with van der Waals surface area (Å²) >= 11 is 0. The van der Waals surface area contributed by atoms with Gasteiger partial charge in [0, 0.05) is 18.8 Å². The normalized spacial score (nSPS) is 20.6. The number of anilines is 1. The molecule has 6 nitrogen and oxygen atoms in total. The van der Waals surface area contributed by atoms with E-state index in [0.717, 1.165) is 31.6 Å². The largest absolute Gasteiger partial charge is 0.383 e. The summed E-state index contributed by atoms with van der Waals surface area (Å²) in [6.07, 6.45) is 3.88. The van der Waals surface area contributed by atoms with Crippen molar-refractivity contribution in [2.24, 2.45) is 11.7 Å². The van der Waals surface area contributed by atoms with Crippen LogP contribution in [0.15, 0.2) is 41.3 Å². The number of hydrogen-bond donors (Lipinski definition) is 3. The lowest BCUT2D eigenvalue weighted by Crippen LogP contribution is -2.41. The van der Waals surface area contributed by atoms with Gasteiger partial charge >= 0.3 is 5.69 Å². The van der Waals surface area contributed by atoms with E-state index in [4.69, 9.17) is 11.5 Å². The van der Waals surface area contributed by atoms with Crippen LogP contribution in [-0.4, -0.2) is 22.1 Å². The Kier molecular flexibility index (Phi) is 4.22. The van der Waals surface area contributed by atoms with Crippen LogP contribution >= 0.6 is 0 Å². The summed E-state index contributed by atoms with van der Waals surface area (Å²) in [5, 5.41) is 3.45. The predicted octanol–water partition coefficient (Wildman–Crippen LogP) is 0.642. The van der Waals surface area contributed by atoms with Crippen molar-refractivity contribution in [3.8, 4) is 5.69 Å². The highest BCUT2D eigenvalue weighted by atomic mass is 16.1. The predicted molar refractivity (Wildman–Crippen MR) is 86.7 cm³/mol. The highest BCUT2D eigenvalue weighted by Crippen LogP contribution is 2.24. The molecule has 6 heteroatoms. The lowest BCUT2D eigenvalue weighted by Gasteiger charge is -2.32. The fourth-order valence-electron chi connectivity index (χ4n) is 2.76. The van der Waals surface area contributed by atoms with E-state index < -0.39 is 0 Å². The van der Waals surface area contributed by atoms with Gasteiger partial charge in [-0.3, -0.25) is 4.57 Å². The van der Waals surface area contributed by atoms with Crippen LogP contribution in [0.5, 0.6) is 0 Å². The van der Waals surface area contributed by atoms with Gasteiger partial charge in [-0.15, -0.1) is 0 Å². The SMILES string of the molecule is Nc1ccn(-c2ccc(CNCC3CC(N)C3)cc2)c(=O)n1. The van der Waals surface area contributed by atoms with E-state index in [1.807, 2.05) is 24.3 Å². The first-order chi connectivity index (χ1) is 10.6. The summed E-state index contributed by atoms with van der Waals surface area (Å²) < 4.78 is 1.48. The molecule has 1 fully saturated rings. The van der Waals surface area contributed by atoms with Gasteiger partial charge < -0.3 is 16.8 Å². The minimum atomic E-state index is -0.368. The van der Waals surface area contributed by atoms with Gasteiger partial charge in [0.25, 0.3) is 0 Å². The molecule has 1 aliphatic rings. The molecular weight excluding hydrogens is 278 g/mol. The number of nitrogens with zero attached hydrogens (tertiary/aromatic N) is 2. The lowest BCUT2D eigenvalue weighted by molar-refractivity contribution is 0.256. The molecule has 3 rings (SSSR count). The Hall–Kier alpha value is -2.18. The first-order valence-electron chi connectivity index (χ1n) is 7.52. The van der Waals surface area contributed by atoms with Crippen molar-refractivity contribution in [2.75, 3.05) is 12.3 Å². The average molecular weight is 299 g/mol. The fourth-order valence-corrected chi connectivity index (χ4v) is 2.76. The maximum Gasteiger partial charge on any atom is 0.354 e. The van der Waals surface area contributed by atoms with Crippen LogP contribution in [0.2, 0.25) is 0 Å². The second kappa shape index (κ2) is 6.29. The van der Waals surface area contributed by atoms with E-state index in [9.17, 15) is 4.79 Å². The lowest BCUT2D eigenvalue weighted by atomic mass is 9.81. The standard InChI is InChI=1S/C16H21N5O/c17-13-7-12(8-13)10-19-9-11-1-3-14(4-2-11)21-6-5-15(18)20-16(21)22/h1-6,12-13,19H,7-10,17H2,(H2,18,20,22). The Labute approximate surface area is 129 Å². The molecule has 2 aromatic rings. The first-order valence-corrected chi connectivity index (χ1v) is 7.52. The first kappa shape index (κ1) is 14.7. The third-order valence-electron chi connectivity index (χ3n) is 4.07. The summed E-state index contributed by atoms with van der Waals surface area (Å²) in [7, 11) is 0. The molecule has 0 unspecified atom stereocenters. The van der Waals surface area contributed by atoms with Crippen LogP contribution in [0.4, 0.5) is 5.82 Å². The highest BCUT2D eigenvalue weighted by molar-refractivity contribution is 5.36. The Morgan fingerprint density at radius 1 is 1.23 bits per heavy atom. The molecule has 22 heavy (non-hydrogen) atoms. The number of benzene rings is 1. The average Bonchev–Trinajstić information content (AvgIpc) is 2.46. The van der Waals surface area contributed by atoms with E-state index in [2.05, 4.69) is 10.3 Å². The van der Waals surface area contributed by atoms with Gasteiger partial charge in [-0.1, -0.05) is 12.1 Å². The van der Waals surface area contributed by atoms with Crippen molar-refractivity contribution in [3.63, 3.8) is 0 Å². The molecule has 0 bridgehead atoms. The third kappa shape index (κ3) is 3.35. The summed E-state index contributed by atoms with van der Waals surface area (Å²) in [5.74, 6) is 0.950. The second-order valence-corrected chi connectivity index (χ2v) is 5.90. The minimum absolute atomic E-state index is 0.234. The van der Waals surface area contributed by atoms with E-state index >= 15 is 0 Å². The molecule has 1 aromatic heterocycles. The zero-order valence-corrected chi connectivity index (χ0v) is 12.4. The fraction of sp³-hybridized carbons (Fsp3) is 0.375. The monoisotopic (exact) mass is 299 g/mol. The molecule has 0 amide bonds. The highest BCUT2D eigenvalue weighted by Gasteiger charge is 2.24. The zero-order chi connectivity index (χ0) is 15.5. The van der Waals surface area contributed by atoms with Crippen molar-refractivity contribution in [2.45, 2.75) is 25.4 Å². The second-order valence-electron chi connectivity index (χ2n) is 5.90. The van der Waals surface area contributed by atoms with Crippen molar-refractivity contribution < 1.29 is 0 Å². The Morgan fingerprint density at radius 3 is 2.59 bits per heavy atom. The molecule has 1 aliphatic carbocycles. The maximum absolute atomic E-state index is 11.8. The van der Waals surface area contributed by atoms with E-state index in [1.165, 1.54) is 10.1 Å². The molecule has 0 spiro atoms. The summed E-state index contributed by atoms with van der Waals surface area (Å²) in [6, 6.07) is 9.86. The van der Waals surface area contributed by atoms with Crippen LogP contribution in [0.1, 0.15) is 18.4 Å². The van der Waals surface area contributed by atoms with Gasteiger partial charge in [-0.25, -0.2) is 4.79 Å². The Balaban J connectivity index is 1.59. The smallest absolute Gasteiger partial charge is 0.354 e. The summed E-state index contributed by atoms with van der Waals surface area (Å²) in [5.41, 5.74) is 12.9. The molecular formula is C16H21N5O. The van der Waals surface area contributed by atoms with Crippen molar-refractivity contribution in [1.29, 1.82) is 0 Å². The topological polar surface area (TPSA) is 99.0 Å². The number of nitrogen functional groups attached to an aromatic ring is 1. The van der Waals surface area contributed by atoms with Crippen LogP contribution in [0.3, 0.4) is 0 Å². The van der Waals surface area contributed by atoms with Crippen LogP contribution in [-0.2, 0) is 6.54 Å². The third-order valence-corrected chi connectivity index (χ3v) is 4.07. The quantitative estimate of drug-likeness (QED) is 0.752. The molecule has 0 aliphatic heterocycles. The van der Waals surface area contributed by atoms with Gasteiger partial charge in [0.1, 0.15) is 5.82 Å². The summed E-state index contributed by atoms with van der Waals surface area (Å²) in [6.45, 7) is 1.83. The van der Waals surface area contributed by atoms with Crippen LogP contribution in [0, 0.1) is 5.92 Å². The van der Waals surface area contributed by atoms with Crippen molar-refractivity contribution in [3.05, 3.63) is 52.6 Å². The number of rotatable bonds is 5. The summed E-state index contributed by atoms with van der Waals surface area (Å²) in [4.78, 5) is 15.5. The molecule has 1 heterocycles. The molecule has 5 N–H and O–H groups in total. The van der Waals surface area contributed by atoms with E-state index in [1.54, 1.807) is 12.3 Å². The van der Waals surface area contributed by atoms with Gasteiger partial charge in [0.05, 0.1) is 5.69 Å². The van der Waals surface area contributed by atoms with Crippen molar-refractivity contribution in [1.82, 2.24) is 14.9 Å². The van der Waals surface area contributed by atoms with Crippen LogP contribution in [0.25, 0.3) is 5.69 Å². The molecule has 0 atom stereocenters. The number of nitrogens with two attached hydrogens (primary N) is 2. The number of hydrogen-bond acceptors (Lipinski definition) is 5. The molecule has 116 valence electrons. The molecule has 1 saturated carbocycles. The molecule has 1 aromatic carbocycles. The minimum Gasteiger partial charge on any atom is -0.383 e. The van der Waals surface area contributed by atoms with Gasteiger partial charge in [-0.05, 0) is 49.1 Å². The van der Waals surface area contributed by atoms with Crippen LogP contribution < -0.4 is 22.5 Å². The Bertz CT molecular complexity index is 688.